The summed E-state index contributed by atoms with van der Waals surface area (Å²) in [6.45, 7) is 0.830. The number of methoxy groups -OCH3 is 1. The molecule has 4 bridgehead atoms. The molecule has 0 aliphatic heterocycles. The van der Waals surface area contributed by atoms with Gasteiger partial charge in [-0.15, -0.1) is 10.2 Å². The van der Waals surface area contributed by atoms with Crippen LogP contribution in [0.25, 0.3) is 11.5 Å². The number of aromatic nitrogens is 2. The molecule has 1 N–H and O–H groups in total. The zero-order valence-corrected chi connectivity index (χ0v) is 17.5. The molecule has 6 nitrogen and oxygen atoms in total. The Labute approximate surface area is 175 Å². The molecule has 0 spiro atoms. The maximum absolute atomic E-state index is 12.4. The molecule has 4 aliphatic carbocycles. The van der Waals surface area contributed by atoms with Crippen molar-refractivity contribution < 1.29 is 13.9 Å². The number of carbonyl (C=O) groups is 1. The van der Waals surface area contributed by atoms with E-state index < -0.39 is 0 Å². The van der Waals surface area contributed by atoms with Gasteiger partial charge in [0.2, 0.25) is 11.8 Å². The predicted octanol–water partition coefficient (Wildman–Crippen LogP) is 4.17. The maximum atomic E-state index is 12.4. The highest BCUT2D eigenvalue weighted by Gasteiger charge is 2.50. The summed E-state index contributed by atoms with van der Waals surface area (Å²) >= 11 is 1.29. The highest BCUT2D eigenvalue weighted by molar-refractivity contribution is 7.99. The highest BCUT2D eigenvalue weighted by Crippen LogP contribution is 2.59. The number of ether oxygens (including phenoxy) is 1. The zero-order chi connectivity index (χ0) is 19.8. The lowest BCUT2D eigenvalue weighted by molar-refractivity contribution is -0.120. The zero-order valence-electron chi connectivity index (χ0n) is 16.7. The fourth-order valence-corrected chi connectivity index (χ4v) is 6.68. The first-order valence-electron chi connectivity index (χ1n) is 10.5. The van der Waals surface area contributed by atoms with E-state index in [1.807, 2.05) is 24.3 Å². The van der Waals surface area contributed by atoms with Gasteiger partial charge in [0.1, 0.15) is 5.75 Å². The summed E-state index contributed by atoms with van der Waals surface area (Å²) in [5, 5.41) is 11.8. The number of benzene rings is 1. The van der Waals surface area contributed by atoms with E-state index in [9.17, 15) is 4.79 Å². The molecular weight excluding hydrogens is 386 g/mol. The molecule has 2 aromatic rings. The molecule has 4 saturated carbocycles. The van der Waals surface area contributed by atoms with Gasteiger partial charge in [0.05, 0.1) is 12.9 Å². The van der Waals surface area contributed by atoms with Gasteiger partial charge in [0.25, 0.3) is 5.22 Å². The number of rotatable bonds is 7. The molecule has 0 saturated heterocycles. The van der Waals surface area contributed by atoms with Gasteiger partial charge in [-0.25, -0.2) is 0 Å². The molecule has 1 heterocycles. The van der Waals surface area contributed by atoms with Gasteiger partial charge in [0, 0.05) is 12.1 Å². The predicted molar refractivity (Wildman–Crippen MR) is 111 cm³/mol. The molecule has 4 fully saturated rings. The summed E-state index contributed by atoms with van der Waals surface area (Å²) in [5.74, 6) is 4.29. The molecule has 29 heavy (non-hydrogen) atoms. The van der Waals surface area contributed by atoms with Crippen molar-refractivity contribution in [2.24, 2.45) is 23.2 Å². The monoisotopic (exact) mass is 413 g/mol. The number of thioether (sulfide) groups is 1. The van der Waals surface area contributed by atoms with Crippen LogP contribution in [0.1, 0.15) is 38.5 Å². The van der Waals surface area contributed by atoms with Gasteiger partial charge in [-0.3, -0.25) is 4.79 Å². The van der Waals surface area contributed by atoms with Crippen LogP contribution in [0.4, 0.5) is 0 Å². The lowest BCUT2D eigenvalue weighted by Crippen LogP contribution is -2.51. The summed E-state index contributed by atoms with van der Waals surface area (Å²) in [7, 11) is 1.63. The van der Waals surface area contributed by atoms with Gasteiger partial charge in [-0.1, -0.05) is 11.8 Å². The number of nitrogens with zero attached hydrogens (tertiary/aromatic N) is 2. The van der Waals surface area contributed by atoms with E-state index in [1.165, 1.54) is 50.3 Å². The largest absolute Gasteiger partial charge is 0.497 e. The summed E-state index contributed by atoms with van der Waals surface area (Å²) in [6.07, 6.45) is 8.20. The van der Waals surface area contributed by atoms with Gasteiger partial charge < -0.3 is 14.5 Å². The van der Waals surface area contributed by atoms with Crippen LogP contribution in [0, 0.1) is 23.2 Å². The lowest BCUT2D eigenvalue weighted by atomic mass is 9.49. The molecule has 0 atom stereocenters. The third kappa shape index (κ3) is 4.02. The van der Waals surface area contributed by atoms with Crippen LogP contribution in [0.3, 0.4) is 0 Å². The SMILES string of the molecule is COc1ccc(-c2nnc(SCC(=O)NCC34CC5CC(CC(C5)C3)C4)o2)cc1. The Hall–Kier alpha value is -2.02. The van der Waals surface area contributed by atoms with Gasteiger partial charge >= 0.3 is 0 Å². The minimum atomic E-state index is 0.0509. The Bertz CT molecular complexity index is 844. The Morgan fingerprint density at radius 1 is 1.14 bits per heavy atom. The van der Waals surface area contributed by atoms with Crippen LogP contribution in [0.15, 0.2) is 33.9 Å². The van der Waals surface area contributed by atoms with Crippen LogP contribution in [0.2, 0.25) is 0 Å². The maximum Gasteiger partial charge on any atom is 0.277 e. The van der Waals surface area contributed by atoms with Crippen molar-refractivity contribution >= 4 is 17.7 Å². The Morgan fingerprint density at radius 2 is 1.79 bits per heavy atom. The molecule has 0 unspecified atom stereocenters. The topological polar surface area (TPSA) is 77.2 Å². The molecule has 6 rings (SSSR count). The Kier molecular flexibility index (Phi) is 5.02. The van der Waals surface area contributed by atoms with Crippen LogP contribution in [0.5, 0.6) is 5.75 Å². The number of amides is 1. The van der Waals surface area contributed by atoms with Crippen molar-refractivity contribution in [1.82, 2.24) is 15.5 Å². The molecule has 0 radical (unpaired) electrons. The van der Waals surface area contributed by atoms with Gasteiger partial charge in [-0.2, -0.15) is 0 Å². The van der Waals surface area contributed by atoms with E-state index in [4.69, 9.17) is 9.15 Å². The Balaban J connectivity index is 1.12. The minimum absolute atomic E-state index is 0.0509. The summed E-state index contributed by atoms with van der Waals surface area (Å²) in [6, 6.07) is 7.45. The molecule has 1 aromatic heterocycles. The summed E-state index contributed by atoms with van der Waals surface area (Å²) < 4.78 is 10.9. The van der Waals surface area contributed by atoms with Gasteiger partial charge in [0.15, 0.2) is 0 Å². The molecular formula is C22H27N3O3S. The van der Waals surface area contributed by atoms with E-state index in [0.717, 1.165) is 35.6 Å². The normalized spacial score (nSPS) is 29.8. The number of hydrogen-bond donors (Lipinski definition) is 1. The van der Waals surface area contributed by atoms with Crippen LogP contribution >= 0.6 is 11.8 Å². The van der Waals surface area contributed by atoms with Crippen molar-refractivity contribution in [3.05, 3.63) is 24.3 Å². The van der Waals surface area contributed by atoms with Crippen LogP contribution < -0.4 is 10.1 Å². The third-order valence-electron chi connectivity index (χ3n) is 6.90. The van der Waals surface area contributed by atoms with Crippen molar-refractivity contribution in [2.45, 2.75) is 43.7 Å². The molecule has 4 aliphatic rings. The smallest absolute Gasteiger partial charge is 0.277 e. The number of hydrogen-bond acceptors (Lipinski definition) is 6. The third-order valence-corrected chi connectivity index (χ3v) is 7.71. The molecule has 7 heteroatoms. The average molecular weight is 414 g/mol. The van der Waals surface area contributed by atoms with Crippen LogP contribution in [-0.2, 0) is 4.79 Å². The van der Waals surface area contributed by atoms with E-state index >= 15 is 0 Å². The second-order valence-electron chi connectivity index (χ2n) is 9.08. The average Bonchev–Trinajstić information content (AvgIpc) is 3.19. The lowest BCUT2D eigenvalue weighted by Gasteiger charge is -2.56. The van der Waals surface area contributed by atoms with Crippen molar-refractivity contribution in [2.75, 3.05) is 19.4 Å². The van der Waals surface area contributed by atoms with Crippen molar-refractivity contribution in [3.8, 4) is 17.2 Å². The van der Waals surface area contributed by atoms with Crippen molar-refractivity contribution in [3.63, 3.8) is 0 Å². The van der Waals surface area contributed by atoms with E-state index in [0.29, 0.717) is 22.3 Å². The van der Waals surface area contributed by atoms with Crippen LogP contribution in [-0.4, -0.2) is 35.5 Å². The van der Waals surface area contributed by atoms with E-state index in [1.54, 1.807) is 7.11 Å². The molecule has 1 amide bonds. The standard InChI is InChI=1S/C22H27N3O3S/c1-27-18-4-2-17(3-5-18)20-24-25-21(28-20)29-12-19(26)23-13-22-9-14-6-15(10-22)8-16(7-14)11-22/h2-5,14-16H,6-13H2,1H3,(H,23,26). The summed E-state index contributed by atoms with van der Waals surface area (Å²) in [5.41, 5.74) is 1.19. The first-order valence-corrected chi connectivity index (χ1v) is 11.5. The summed E-state index contributed by atoms with van der Waals surface area (Å²) in [4.78, 5) is 12.4. The van der Waals surface area contributed by atoms with Crippen molar-refractivity contribution in [1.29, 1.82) is 0 Å². The number of carbonyl (C=O) groups excluding carboxylic acids is 1. The van der Waals surface area contributed by atoms with E-state index in [-0.39, 0.29) is 5.91 Å². The minimum Gasteiger partial charge on any atom is -0.497 e. The Morgan fingerprint density at radius 3 is 2.41 bits per heavy atom. The second-order valence-corrected chi connectivity index (χ2v) is 10.0. The first kappa shape index (κ1) is 19.0. The fraction of sp³-hybridized carbons (Fsp3) is 0.591. The molecule has 154 valence electrons. The van der Waals surface area contributed by atoms with Gasteiger partial charge in [-0.05, 0) is 86.0 Å². The quantitative estimate of drug-likeness (QED) is 0.687. The molecule has 1 aromatic carbocycles. The van der Waals surface area contributed by atoms with E-state index in [2.05, 4.69) is 15.5 Å². The second kappa shape index (κ2) is 7.67. The number of nitrogens with one attached hydrogen (secondary N) is 1. The first-order chi connectivity index (χ1) is 14.1. The highest BCUT2D eigenvalue weighted by atomic mass is 32.2. The fourth-order valence-electron chi connectivity index (χ4n) is 6.09.